The number of nitrogens with zero attached hydrogens (tertiary/aromatic N) is 1. The minimum Gasteiger partial charge on any atom is -0.481 e. The van der Waals surface area contributed by atoms with Crippen LogP contribution in [-0.2, 0) is 29.9 Å². The maximum atomic E-state index is 13.6. The van der Waals surface area contributed by atoms with E-state index >= 15 is 0 Å². The monoisotopic (exact) mass is 513 g/mol. The standard InChI is InChI=1S/C23H20F9NO2/c24-21(25,26)16-5-3-13(4-6-16)20-14(11-19(34)35)2-1-9-33(20)12-15-10-17(22(27,28)29)7-8-18(15)23(30,31)32/h3-8,10,14,20H,1-2,9,11-12H2,(H,34,35)/t14-,20+/m1/s1. The summed E-state index contributed by atoms with van der Waals surface area (Å²) in [6.45, 7) is -0.476. The third-order valence-electron chi connectivity index (χ3n) is 5.99. The van der Waals surface area contributed by atoms with Crippen molar-refractivity contribution >= 4 is 5.97 Å². The van der Waals surface area contributed by atoms with E-state index in [0.29, 0.717) is 31.0 Å². The van der Waals surface area contributed by atoms with Gasteiger partial charge in [0.1, 0.15) is 0 Å². The van der Waals surface area contributed by atoms with Gasteiger partial charge in [0.05, 0.1) is 16.7 Å². The molecule has 1 fully saturated rings. The van der Waals surface area contributed by atoms with Crippen molar-refractivity contribution in [2.24, 2.45) is 5.92 Å². The number of piperidine rings is 1. The van der Waals surface area contributed by atoms with Crippen LogP contribution in [0.3, 0.4) is 0 Å². The maximum Gasteiger partial charge on any atom is 0.416 e. The lowest BCUT2D eigenvalue weighted by Crippen LogP contribution is -2.39. The van der Waals surface area contributed by atoms with Crippen molar-refractivity contribution in [3.63, 3.8) is 0 Å². The van der Waals surface area contributed by atoms with E-state index < -0.39 is 71.7 Å². The molecule has 3 nitrogen and oxygen atoms in total. The highest BCUT2D eigenvalue weighted by Gasteiger charge is 2.40. The first-order valence-corrected chi connectivity index (χ1v) is 10.5. The van der Waals surface area contributed by atoms with Crippen LogP contribution in [-0.4, -0.2) is 22.5 Å². The molecule has 0 aliphatic carbocycles. The third-order valence-corrected chi connectivity index (χ3v) is 5.99. The summed E-state index contributed by atoms with van der Waals surface area (Å²) in [5.41, 5.74) is -3.91. The molecule has 0 saturated carbocycles. The summed E-state index contributed by atoms with van der Waals surface area (Å²) in [7, 11) is 0. The van der Waals surface area contributed by atoms with E-state index in [2.05, 4.69) is 0 Å². The highest BCUT2D eigenvalue weighted by atomic mass is 19.4. The van der Waals surface area contributed by atoms with Gasteiger partial charge in [0.25, 0.3) is 0 Å². The molecule has 1 heterocycles. The Morgan fingerprint density at radius 1 is 0.857 bits per heavy atom. The smallest absolute Gasteiger partial charge is 0.416 e. The first-order valence-electron chi connectivity index (χ1n) is 10.5. The van der Waals surface area contributed by atoms with Crippen molar-refractivity contribution in [1.82, 2.24) is 4.90 Å². The highest BCUT2D eigenvalue weighted by molar-refractivity contribution is 5.67. The van der Waals surface area contributed by atoms with Crippen molar-refractivity contribution in [3.05, 3.63) is 70.3 Å². The van der Waals surface area contributed by atoms with Gasteiger partial charge in [-0.3, -0.25) is 9.69 Å². The predicted octanol–water partition coefficient (Wildman–Crippen LogP) is 7.17. The zero-order chi connectivity index (χ0) is 26.2. The number of hydrogen-bond acceptors (Lipinski definition) is 2. The van der Waals surface area contributed by atoms with E-state index in [0.717, 1.165) is 24.3 Å². The van der Waals surface area contributed by atoms with Crippen molar-refractivity contribution in [3.8, 4) is 0 Å². The summed E-state index contributed by atoms with van der Waals surface area (Å²) in [5.74, 6) is -1.87. The zero-order valence-electron chi connectivity index (χ0n) is 17.9. The quantitative estimate of drug-likeness (QED) is 0.431. The molecule has 0 spiro atoms. The number of hydrogen-bond donors (Lipinski definition) is 1. The molecule has 1 aliphatic rings. The number of carbonyl (C=O) groups is 1. The van der Waals surface area contributed by atoms with Crippen LogP contribution in [0, 0.1) is 5.92 Å². The van der Waals surface area contributed by atoms with Gasteiger partial charge >= 0.3 is 24.5 Å². The molecule has 0 bridgehead atoms. The fourth-order valence-electron chi connectivity index (χ4n) is 4.52. The number of aliphatic carboxylic acids is 1. The molecule has 2 aromatic rings. The third kappa shape index (κ3) is 6.47. The summed E-state index contributed by atoms with van der Waals surface area (Å²) in [5, 5.41) is 9.29. The van der Waals surface area contributed by atoms with Crippen LogP contribution in [0.1, 0.15) is 53.1 Å². The second-order valence-corrected chi connectivity index (χ2v) is 8.40. The molecule has 0 aromatic heterocycles. The number of carboxylic acid groups (broad SMARTS) is 1. The lowest BCUT2D eigenvalue weighted by atomic mass is 9.82. The average Bonchev–Trinajstić information content (AvgIpc) is 2.71. The Labute approximate surface area is 194 Å². The molecule has 1 aliphatic heterocycles. The molecule has 0 amide bonds. The van der Waals surface area contributed by atoms with E-state index in [-0.39, 0.29) is 12.1 Å². The normalized spacial score (nSPS) is 20.1. The van der Waals surface area contributed by atoms with Crippen LogP contribution < -0.4 is 0 Å². The van der Waals surface area contributed by atoms with Gasteiger partial charge in [0, 0.05) is 19.0 Å². The predicted molar refractivity (Wildman–Crippen MR) is 106 cm³/mol. The van der Waals surface area contributed by atoms with Gasteiger partial charge in [0.2, 0.25) is 0 Å². The van der Waals surface area contributed by atoms with E-state index in [1.165, 1.54) is 4.90 Å². The van der Waals surface area contributed by atoms with Crippen LogP contribution in [0.4, 0.5) is 39.5 Å². The Balaban J connectivity index is 2.05. The minimum atomic E-state index is -4.94. The molecule has 0 unspecified atom stereocenters. The molecular weight excluding hydrogens is 493 g/mol. The molecule has 0 radical (unpaired) electrons. The van der Waals surface area contributed by atoms with Crippen LogP contribution in [0.5, 0.6) is 0 Å². The summed E-state index contributed by atoms with van der Waals surface area (Å²) >= 11 is 0. The van der Waals surface area contributed by atoms with Crippen molar-refractivity contribution < 1.29 is 49.4 Å². The van der Waals surface area contributed by atoms with Crippen molar-refractivity contribution in [2.75, 3.05) is 6.54 Å². The molecule has 2 atom stereocenters. The van der Waals surface area contributed by atoms with Gasteiger partial charge in [-0.05, 0) is 66.8 Å². The number of halogens is 9. The van der Waals surface area contributed by atoms with Gasteiger partial charge in [-0.15, -0.1) is 0 Å². The largest absolute Gasteiger partial charge is 0.481 e. The molecule has 192 valence electrons. The van der Waals surface area contributed by atoms with Gasteiger partial charge < -0.3 is 5.11 Å². The van der Waals surface area contributed by atoms with Crippen LogP contribution in [0.2, 0.25) is 0 Å². The van der Waals surface area contributed by atoms with Crippen molar-refractivity contribution in [2.45, 2.75) is 50.4 Å². The SMILES string of the molecule is O=C(O)C[C@H]1CCCN(Cc2cc(C(F)(F)F)ccc2C(F)(F)F)[C@H]1c1ccc(C(F)(F)F)cc1. The molecule has 1 saturated heterocycles. The Kier molecular flexibility index (Phi) is 7.45. The van der Waals surface area contributed by atoms with Crippen LogP contribution in [0.15, 0.2) is 42.5 Å². The maximum absolute atomic E-state index is 13.6. The second-order valence-electron chi connectivity index (χ2n) is 8.40. The van der Waals surface area contributed by atoms with Gasteiger partial charge in [-0.25, -0.2) is 0 Å². The first-order chi connectivity index (χ1) is 16.1. The Morgan fingerprint density at radius 2 is 1.43 bits per heavy atom. The fraction of sp³-hybridized carbons (Fsp3) is 0.435. The fourth-order valence-corrected chi connectivity index (χ4v) is 4.52. The molecule has 2 aromatic carbocycles. The van der Waals surface area contributed by atoms with E-state index in [1.807, 2.05) is 0 Å². The Bertz CT molecular complexity index is 1040. The number of benzene rings is 2. The highest BCUT2D eigenvalue weighted by Crippen LogP contribution is 2.42. The van der Waals surface area contributed by atoms with Crippen molar-refractivity contribution in [1.29, 1.82) is 0 Å². The summed E-state index contributed by atoms with van der Waals surface area (Å²) in [6.07, 6.45) is -14.2. The molecule has 12 heteroatoms. The minimum absolute atomic E-state index is 0.120. The first kappa shape index (κ1) is 26.8. The van der Waals surface area contributed by atoms with Gasteiger partial charge in [-0.1, -0.05) is 12.1 Å². The lowest BCUT2D eigenvalue weighted by molar-refractivity contribution is -0.142. The number of rotatable bonds is 5. The topological polar surface area (TPSA) is 40.5 Å². The Hall–Kier alpha value is -2.76. The number of likely N-dealkylation sites (tertiary alicyclic amines) is 1. The second kappa shape index (κ2) is 9.71. The summed E-state index contributed by atoms with van der Waals surface area (Å²) in [6, 6.07) is 4.00. The number of alkyl halides is 9. The zero-order valence-corrected chi connectivity index (χ0v) is 17.9. The van der Waals surface area contributed by atoms with Crippen LogP contribution >= 0.6 is 0 Å². The number of carboxylic acids is 1. The van der Waals surface area contributed by atoms with E-state index in [4.69, 9.17) is 0 Å². The lowest BCUT2D eigenvalue weighted by Gasteiger charge is -2.42. The molecule has 35 heavy (non-hydrogen) atoms. The van der Waals surface area contributed by atoms with Crippen LogP contribution in [0.25, 0.3) is 0 Å². The van der Waals surface area contributed by atoms with Gasteiger partial charge in [0.15, 0.2) is 0 Å². The summed E-state index contributed by atoms with van der Waals surface area (Å²) < 4.78 is 119. The average molecular weight is 513 g/mol. The summed E-state index contributed by atoms with van der Waals surface area (Å²) in [4.78, 5) is 12.8. The Morgan fingerprint density at radius 3 is 1.94 bits per heavy atom. The molecule has 1 N–H and O–H groups in total. The van der Waals surface area contributed by atoms with E-state index in [1.54, 1.807) is 0 Å². The van der Waals surface area contributed by atoms with E-state index in [9.17, 15) is 49.4 Å². The van der Waals surface area contributed by atoms with Gasteiger partial charge in [-0.2, -0.15) is 39.5 Å². The molecular formula is C23H20F9NO2. The molecule has 3 rings (SSSR count).